The van der Waals surface area contributed by atoms with Crippen molar-refractivity contribution < 1.29 is 13.9 Å². The van der Waals surface area contributed by atoms with Gasteiger partial charge in [0.2, 0.25) is 0 Å². The lowest BCUT2D eigenvalue weighted by Gasteiger charge is -2.31. The molecule has 1 N–H and O–H groups in total. The van der Waals surface area contributed by atoms with E-state index >= 15 is 0 Å². The van der Waals surface area contributed by atoms with E-state index in [-0.39, 0.29) is 24.2 Å². The van der Waals surface area contributed by atoms with E-state index in [4.69, 9.17) is 20.8 Å². The highest BCUT2D eigenvalue weighted by Crippen LogP contribution is 2.31. The molecule has 0 unspecified atom stereocenters. The predicted octanol–water partition coefficient (Wildman–Crippen LogP) is 2.26. The third kappa shape index (κ3) is 3.65. The van der Waals surface area contributed by atoms with Crippen molar-refractivity contribution in [1.29, 1.82) is 0 Å². The number of carbonyl (C=O) groups is 1. The van der Waals surface area contributed by atoms with Crippen LogP contribution in [0.3, 0.4) is 0 Å². The molecule has 134 valence electrons. The zero-order valence-electron chi connectivity index (χ0n) is 14.5. The lowest BCUT2D eigenvalue weighted by Crippen LogP contribution is -2.52. The van der Waals surface area contributed by atoms with Gasteiger partial charge in [0.15, 0.2) is 6.61 Å². The number of benzene rings is 1. The van der Waals surface area contributed by atoms with Gasteiger partial charge in [0, 0.05) is 42.7 Å². The quantitative estimate of drug-likeness (QED) is 0.846. The van der Waals surface area contributed by atoms with Crippen molar-refractivity contribution in [2.75, 3.05) is 26.2 Å². The van der Waals surface area contributed by atoms with E-state index in [1.54, 1.807) is 24.0 Å². The molecule has 1 aromatic heterocycles. The van der Waals surface area contributed by atoms with E-state index < -0.39 is 0 Å². The van der Waals surface area contributed by atoms with Gasteiger partial charge in [-0.3, -0.25) is 4.79 Å². The first kappa shape index (κ1) is 17.8. The van der Waals surface area contributed by atoms with Gasteiger partial charge >= 0.3 is 5.63 Å². The normalized spacial score (nSPS) is 17.8. The molecule has 1 aliphatic heterocycles. The van der Waals surface area contributed by atoms with Crippen molar-refractivity contribution in [2.45, 2.75) is 26.8 Å². The van der Waals surface area contributed by atoms with Crippen LogP contribution >= 0.6 is 11.6 Å². The van der Waals surface area contributed by atoms with Crippen molar-refractivity contribution in [3.05, 3.63) is 38.7 Å². The average Bonchev–Trinajstić information content (AvgIpc) is 2.59. The topological polar surface area (TPSA) is 71.8 Å². The zero-order valence-corrected chi connectivity index (χ0v) is 15.3. The molecule has 1 fully saturated rings. The molecule has 0 bridgehead atoms. The van der Waals surface area contributed by atoms with Crippen LogP contribution in [0.2, 0.25) is 5.02 Å². The number of carbonyl (C=O) groups excluding carboxylic acids is 1. The summed E-state index contributed by atoms with van der Waals surface area (Å²) in [6, 6.07) is 3.54. The summed E-state index contributed by atoms with van der Waals surface area (Å²) in [4.78, 5) is 25.9. The summed E-state index contributed by atoms with van der Waals surface area (Å²) in [6.45, 7) is 7.58. The van der Waals surface area contributed by atoms with E-state index in [0.717, 1.165) is 17.5 Å². The number of fused-ring (bicyclic) bond motifs is 1. The number of hydrogen-bond donors (Lipinski definition) is 1. The highest BCUT2D eigenvalue weighted by atomic mass is 35.5. The first-order valence-corrected chi connectivity index (χ1v) is 8.62. The summed E-state index contributed by atoms with van der Waals surface area (Å²) in [5.74, 6) is 0.239. The highest BCUT2D eigenvalue weighted by molar-refractivity contribution is 6.32. The van der Waals surface area contributed by atoms with Crippen molar-refractivity contribution in [2.24, 2.45) is 0 Å². The second-order valence-corrected chi connectivity index (χ2v) is 6.81. The molecule has 2 heterocycles. The van der Waals surface area contributed by atoms with Gasteiger partial charge in [-0.25, -0.2) is 4.79 Å². The van der Waals surface area contributed by atoms with E-state index in [1.807, 2.05) is 13.8 Å². The number of hydrogen-bond acceptors (Lipinski definition) is 5. The van der Waals surface area contributed by atoms with Crippen LogP contribution in [-0.2, 0) is 4.79 Å². The molecule has 25 heavy (non-hydrogen) atoms. The van der Waals surface area contributed by atoms with Gasteiger partial charge in [-0.05, 0) is 32.4 Å². The Balaban J connectivity index is 1.79. The van der Waals surface area contributed by atoms with Crippen LogP contribution in [0, 0.1) is 13.8 Å². The molecule has 0 radical (unpaired) electrons. The minimum absolute atomic E-state index is 0.0916. The van der Waals surface area contributed by atoms with Gasteiger partial charge in [-0.2, -0.15) is 0 Å². The Bertz CT molecular complexity index is 877. The number of halogens is 1. The number of aryl methyl sites for hydroxylation is 1. The van der Waals surface area contributed by atoms with Gasteiger partial charge in [0.25, 0.3) is 5.91 Å². The second-order valence-electron chi connectivity index (χ2n) is 6.40. The molecule has 1 aromatic carbocycles. The van der Waals surface area contributed by atoms with Crippen LogP contribution < -0.4 is 15.7 Å². The second kappa shape index (κ2) is 7.06. The fourth-order valence-electron chi connectivity index (χ4n) is 2.94. The SMILES string of the molecule is Cc1c(C)c2cc(Cl)c(OCC(=O)N3CCN[C@H](C)C3)cc2oc1=O. The van der Waals surface area contributed by atoms with Crippen LogP contribution in [0.15, 0.2) is 21.3 Å². The van der Waals surface area contributed by atoms with Crippen LogP contribution in [0.25, 0.3) is 11.0 Å². The Hall–Kier alpha value is -2.05. The molecule has 1 amide bonds. The smallest absolute Gasteiger partial charge is 0.339 e. The first-order chi connectivity index (χ1) is 11.9. The van der Waals surface area contributed by atoms with Crippen molar-refractivity contribution in [3.63, 3.8) is 0 Å². The Morgan fingerprint density at radius 1 is 1.40 bits per heavy atom. The van der Waals surface area contributed by atoms with Gasteiger partial charge in [0.05, 0.1) is 5.02 Å². The molecule has 3 rings (SSSR count). The van der Waals surface area contributed by atoms with Gasteiger partial charge in [-0.15, -0.1) is 0 Å². The molecule has 0 saturated carbocycles. The zero-order chi connectivity index (χ0) is 18.1. The van der Waals surface area contributed by atoms with Crippen molar-refractivity contribution >= 4 is 28.5 Å². The highest BCUT2D eigenvalue weighted by Gasteiger charge is 2.21. The minimum Gasteiger partial charge on any atom is -0.482 e. The minimum atomic E-state index is -0.385. The van der Waals surface area contributed by atoms with E-state index in [1.165, 1.54) is 0 Å². The Kier molecular flexibility index (Phi) is 5.01. The molecule has 1 aliphatic rings. The number of amides is 1. The van der Waals surface area contributed by atoms with Crippen LogP contribution in [0.5, 0.6) is 5.75 Å². The summed E-state index contributed by atoms with van der Waals surface area (Å²) in [7, 11) is 0. The van der Waals surface area contributed by atoms with Crippen LogP contribution in [-0.4, -0.2) is 43.1 Å². The maximum atomic E-state index is 12.3. The van der Waals surface area contributed by atoms with E-state index in [0.29, 0.717) is 35.0 Å². The molecule has 1 saturated heterocycles. The Morgan fingerprint density at radius 2 is 2.16 bits per heavy atom. The van der Waals surface area contributed by atoms with Gasteiger partial charge < -0.3 is 19.4 Å². The maximum Gasteiger partial charge on any atom is 0.339 e. The van der Waals surface area contributed by atoms with E-state index in [9.17, 15) is 9.59 Å². The number of nitrogens with zero attached hydrogens (tertiary/aromatic N) is 1. The van der Waals surface area contributed by atoms with Crippen molar-refractivity contribution in [3.8, 4) is 5.75 Å². The summed E-state index contributed by atoms with van der Waals surface area (Å²) >= 11 is 6.28. The molecule has 0 spiro atoms. The molecule has 6 nitrogen and oxygen atoms in total. The molecule has 7 heteroatoms. The standard InChI is InChI=1S/C18H21ClN2O4/c1-10-8-21(5-4-20-10)17(22)9-24-16-7-15-13(6-14(16)19)11(2)12(3)18(23)25-15/h6-7,10,20H,4-5,8-9H2,1-3H3/t10-/m1/s1. The first-order valence-electron chi connectivity index (χ1n) is 8.24. The maximum absolute atomic E-state index is 12.3. The number of ether oxygens (including phenoxy) is 1. The lowest BCUT2D eigenvalue weighted by atomic mass is 10.1. The summed E-state index contributed by atoms with van der Waals surface area (Å²) in [5.41, 5.74) is 1.39. The lowest BCUT2D eigenvalue weighted by molar-refractivity contribution is -0.134. The van der Waals surface area contributed by atoms with Crippen LogP contribution in [0.4, 0.5) is 0 Å². The van der Waals surface area contributed by atoms with E-state index in [2.05, 4.69) is 5.32 Å². The Labute approximate surface area is 150 Å². The number of nitrogens with one attached hydrogen (secondary N) is 1. The monoisotopic (exact) mass is 364 g/mol. The third-order valence-corrected chi connectivity index (χ3v) is 4.88. The fraction of sp³-hybridized carbons (Fsp3) is 0.444. The number of rotatable bonds is 3. The summed E-state index contributed by atoms with van der Waals surface area (Å²) in [6.07, 6.45) is 0. The van der Waals surface area contributed by atoms with Gasteiger partial charge in [-0.1, -0.05) is 11.6 Å². The summed E-state index contributed by atoms with van der Waals surface area (Å²) in [5, 5.41) is 4.43. The molecular formula is C18H21ClN2O4. The summed E-state index contributed by atoms with van der Waals surface area (Å²) < 4.78 is 10.9. The van der Waals surface area contributed by atoms with Gasteiger partial charge in [0.1, 0.15) is 11.3 Å². The molecule has 2 aromatic rings. The molecular weight excluding hydrogens is 344 g/mol. The molecule has 0 aliphatic carbocycles. The average molecular weight is 365 g/mol. The third-order valence-electron chi connectivity index (χ3n) is 4.58. The fourth-order valence-corrected chi connectivity index (χ4v) is 3.16. The van der Waals surface area contributed by atoms with Crippen LogP contribution in [0.1, 0.15) is 18.1 Å². The Morgan fingerprint density at radius 3 is 2.88 bits per heavy atom. The number of piperazine rings is 1. The predicted molar refractivity (Wildman–Crippen MR) is 96.5 cm³/mol. The largest absolute Gasteiger partial charge is 0.482 e. The molecule has 1 atom stereocenters. The van der Waals surface area contributed by atoms with Crippen molar-refractivity contribution in [1.82, 2.24) is 10.2 Å².